The van der Waals surface area contributed by atoms with Crippen LogP contribution in [0.4, 0.5) is 4.79 Å². The van der Waals surface area contributed by atoms with Gasteiger partial charge in [0.25, 0.3) is 0 Å². The van der Waals surface area contributed by atoms with Crippen molar-refractivity contribution >= 4 is 23.3 Å². The van der Waals surface area contributed by atoms with Crippen LogP contribution < -0.4 is 5.32 Å². The molecule has 1 aromatic heterocycles. The molecular formula is C12H17N3O3S. The molecule has 19 heavy (non-hydrogen) atoms. The summed E-state index contributed by atoms with van der Waals surface area (Å²) in [5.41, 5.74) is 0.472. The molecule has 6 nitrogen and oxygen atoms in total. The zero-order valence-electron chi connectivity index (χ0n) is 11.0. The predicted octanol–water partition coefficient (Wildman–Crippen LogP) is 1.87. The van der Waals surface area contributed by atoms with Crippen LogP contribution in [0.2, 0.25) is 0 Å². The minimum absolute atomic E-state index is 0.211. The van der Waals surface area contributed by atoms with Crippen LogP contribution in [0, 0.1) is 6.92 Å². The summed E-state index contributed by atoms with van der Waals surface area (Å²) in [6, 6.07) is -0.216. The number of carbonyl (C=O) groups excluding carboxylic acids is 1. The van der Waals surface area contributed by atoms with Gasteiger partial charge in [-0.25, -0.2) is 14.6 Å². The molecule has 0 bridgehead atoms. The van der Waals surface area contributed by atoms with Crippen LogP contribution in [0.25, 0.3) is 0 Å². The van der Waals surface area contributed by atoms with Gasteiger partial charge in [-0.2, -0.15) is 0 Å². The molecule has 1 rings (SSSR count). The molecule has 0 aliphatic rings. The highest BCUT2D eigenvalue weighted by molar-refractivity contribution is 7.13. The normalized spacial score (nSPS) is 10.0. The second kappa shape index (κ2) is 6.89. The fraction of sp³-hybridized carbons (Fsp3) is 0.417. The van der Waals surface area contributed by atoms with Gasteiger partial charge in [0, 0.05) is 13.1 Å². The van der Waals surface area contributed by atoms with Crippen molar-refractivity contribution in [3.05, 3.63) is 28.2 Å². The Morgan fingerprint density at radius 3 is 2.74 bits per heavy atom. The number of rotatable bonds is 6. The molecule has 0 atom stereocenters. The van der Waals surface area contributed by atoms with Crippen molar-refractivity contribution < 1.29 is 14.7 Å². The van der Waals surface area contributed by atoms with Crippen molar-refractivity contribution in [1.29, 1.82) is 0 Å². The van der Waals surface area contributed by atoms with Gasteiger partial charge in [0.2, 0.25) is 0 Å². The molecule has 1 aromatic rings. The zero-order chi connectivity index (χ0) is 14.4. The van der Waals surface area contributed by atoms with E-state index in [1.54, 1.807) is 17.9 Å². The van der Waals surface area contributed by atoms with Crippen LogP contribution in [-0.2, 0) is 6.54 Å². The average molecular weight is 283 g/mol. The molecule has 0 fully saturated rings. The van der Waals surface area contributed by atoms with Gasteiger partial charge in [-0.05, 0) is 13.8 Å². The van der Waals surface area contributed by atoms with Crippen LogP contribution in [0.15, 0.2) is 12.7 Å². The average Bonchev–Trinajstić information content (AvgIpc) is 2.74. The monoisotopic (exact) mass is 283 g/mol. The van der Waals surface area contributed by atoms with Gasteiger partial charge < -0.3 is 15.3 Å². The number of urea groups is 1. The lowest BCUT2D eigenvalue weighted by atomic mass is 10.4. The predicted molar refractivity (Wildman–Crippen MR) is 73.5 cm³/mol. The molecule has 2 amide bonds. The number of carboxylic acids is 1. The lowest BCUT2D eigenvalue weighted by molar-refractivity contribution is 0.0701. The molecule has 0 saturated carbocycles. The van der Waals surface area contributed by atoms with E-state index in [9.17, 15) is 9.59 Å². The molecule has 0 saturated heterocycles. The largest absolute Gasteiger partial charge is 0.477 e. The second-order valence-corrected chi connectivity index (χ2v) is 4.90. The van der Waals surface area contributed by atoms with Gasteiger partial charge in [0.1, 0.15) is 9.88 Å². The van der Waals surface area contributed by atoms with Gasteiger partial charge in [-0.15, -0.1) is 17.9 Å². The van der Waals surface area contributed by atoms with E-state index in [2.05, 4.69) is 16.9 Å². The lowest BCUT2D eigenvalue weighted by Gasteiger charge is -2.18. The Morgan fingerprint density at radius 2 is 2.26 bits per heavy atom. The summed E-state index contributed by atoms with van der Waals surface area (Å²) in [5, 5.41) is 12.2. The summed E-state index contributed by atoms with van der Waals surface area (Å²) in [4.78, 5) is 28.6. The maximum absolute atomic E-state index is 11.8. The summed E-state index contributed by atoms with van der Waals surface area (Å²) in [6.07, 6.45) is 1.65. The number of aromatic carboxylic acids is 1. The van der Waals surface area contributed by atoms with Crippen molar-refractivity contribution in [2.75, 3.05) is 13.1 Å². The SMILES string of the molecule is C=CCN(CC)C(=O)NCc1nc(C)c(C(=O)O)s1. The topological polar surface area (TPSA) is 82.5 Å². The summed E-state index contributed by atoms with van der Waals surface area (Å²) in [5.74, 6) is -0.991. The highest BCUT2D eigenvalue weighted by Gasteiger charge is 2.15. The van der Waals surface area contributed by atoms with Crippen molar-refractivity contribution in [2.24, 2.45) is 0 Å². The van der Waals surface area contributed by atoms with E-state index >= 15 is 0 Å². The number of thiazole rings is 1. The van der Waals surface area contributed by atoms with E-state index in [0.29, 0.717) is 23.8 Å². The first-order valence-corrected chi connectivity index (χ1v) is 6.64. The Morgan fingerprint density at radius 1 is 1.58 bits per heavy atom. The van der Waals surface area contributed by atoms with E-state index in [1.807, 2.05) is 6.92 Å². The molecule has 0 aliphatic heterocycles. The maximum atomic E-state index is 11.8. The number of amides is 2. The Bertz CT molecular complexity index is 485. The molecule has 2 N–H and O–H groups in total. The van der Waals surface area contributed by atoms with Crippen LogP contribution >= 0.6 is 11.3 Å². The number of nitrogens with zero attached hydrogens (tertiary/aromatic N) is 2. The van der Waals surface area contributed by atoms with Gasteiger partial charge in [0.05, 0.1) is 12.2 Å². The number of likely N-dealkylation sites (N-methyl/N-ethyl adjacent to an activating group) is 1. The van der Waals surface area contributed by atoms with Gasteiger partial charge in [0.15, 0.2) is 0 Å². The van der Waals surface area contributed by atoms with Crippen molar-refractivity contribution in [2.45, 2.75) is 20.4 Å². The zero-order valence-corrected chi connectivity index (χ0v) is 11.8. The molecule has 104 valence electrons. The molecular weight excluding hydrogens is 266 g/mol. The first-order valence-electron chi connectivity index (χ1n) is 5.82. The summed E-state index contributed by atoms with van der Waals surface area (Å²) in [6.45, 7) is 8.38. The Labute approximate surface area is 115 Å². The van der Waals surface area contributed by atoms with E-state index in [1.165, 1.54) is 0 Å². The molecule has 0 radical (unpaired) electrons. The minimum Gasteiger partial charge on any atom is -0.477 e. The molecule has 0 unspecified atom stereocenters. The highest BCUT2D eigenvalue weighted by atomic mass is 32.1. The number of carbonyl (C=O) groups is 2. The third-order valence-corrected chi connectivity index (χ3v) is 3.59. The van der Waals surface area contributed by atoms with E-state index in [-0.39, 0.29) is 17.5 Å². The number of hydrogen-bond donors (Lipinski definition) is 2. The third kappa shape index (κ3) is 4.06. The Balaban J connectivity index is 2.61. The first kappa shape index (κ1) is 15.2. The van der Waals surface area contributed by atoms with Crippen molar-refractivity contribution in [3.63, 3.8) is 0 Å². The van der Waals surface area contributed by atoms with E-state index in [0.717, 1.165) is 11.3 Å². The summed E-state index contributed by atoms with van der Waals surface area (Å²) in [7, 11) is 0. The number of hydrogen-bond acceptors (Lipinski definition) is 4. The van der Waals surface area contributed by atoms with E-state index in [4.69, 9.17) is 5.11 Å². The smallest absolute Gasteiger partial charge is 0.347 e. The number of aryl methyl sites for hydroxylation is 1. The molecule has 1 heterocycles. The van der Waals surface area contributed by atoms with Crippen molar-refractivity contribution in [1.82, 2.24) is 15.2 Å². The van der Waals surface area contributed by atoms with Crippen molar-refractivity contribution in [3.8, 4) is 0 Å². The molecule has 0 aliphatic carbocycles. The van der Waals surface area contributed by atoms with Gasteiger partial charge in [-0.1, -0.05) is 6.08 Å². The Hall–Kier alpha value is -1.89. The third-order valence-electron chi connectivity index (χ3n) is 2.44. The summed E-state index contributed by atoms with van der Waals surface area (Å²) >= 11 is 1.08. The highest BCUT2D eigenvalue weighted by Crippen LogP contribution is 2.17. The van der Waals surface area contributed by atoms with Crippen LogP contribution in [0.3, 0.4) is 0 Å². The molecule has 0 aromatic carbocycles. The number of carboxylic acid groups (broad SMARTS) is 1. The van der Waals surface area contributed by atoms with Crippen LogP contribution in [0.1, 0.15) is 27.3 Å². The number of nitrogens with one attached hydrogen (secondary N) is 1. The second-order valence-electron chi connectivity index (χ2n) is 3.81. The molecule has 7 heteroatoms. The lowest BCUT2D eigenvalue weighted by Crippen LogP contribution is -2.39. The van der Waals surface area contributed by atoms with Gasteiger partial charge >= 0.3 is 12.0 Å². The van der Waals surface area contributed by atoms with Crippen LogP contribution in [0.5, 0.6) is 0 Å². The standard InChI is InChI=1S/C12H17N3O3S/c1-4-6-15(5-2)12(18)13-7-9-14-8(3)10(19-9)11(16)17/h4H,1,5-7H2,2-3H3,(H,13,18)(H,16,17). The maximum Gasteiger partial charge on any atom is 0.347 e. The van der Waals surface area contributed by atoms with Crippen LogP contribution in [-0.4, -0.2) is 40.1 Å². The quantitative estimate of drug-likeness (QED) is 0.781. The first-order chi connectivity index (χ1) is 8.99. The fourth-order valence-corrected chi connectivity index (χ4v) is 2.34. The van der Waals surface area contributed by atoms with E-state index < -0.39 is 5.97 Å². The summed E-state index contributed by atoms with van der Waals surface area (Å²) < 4.78 is 0. The Kier molecular flexibility index (Phi) is 5.50. The van der Waals surface area contributed by atoms with Gasteiger partial charge in [-0.3, -0.25) is 0 Å². The number of aromatic nitrogens is 1. The fourth-order valence-electron chi connectivity index (χ4n) is 1.50. The molecule has 0 spiro atoms. The minimum atomic E-state index is -0.991.